The van der Waals surface area contributed by atoms with E-state index in [0.29, 0.717) is 25.2 Å². The Balaban J connectivity index is 1.43. The standard InChI is InChI=1S/C18H28N2O2/c1-15(19-14-18(2)21-10-11-22-18)17-8-9-20(13-17)12-16-6-4-3-5-7-16/h3-7,15,17,19H,8-14H2,1-2H3/t15-,17-/m1/s1. The van der Waals surface area contributed by atoms with Crippen LogP contribution in [0.25, 0.3) is 0 Å². The largest absolute Gasteiger partial charge is 0.347 e. The van der Waals surface area contributed by atoms with Gasteiger partial charge in [0.05, 0.1) is 13.2 Å². The Hall–Kier alpha value is -0.940. The van der Waals surface area contributed by atoms with Crippen molar-refractivity contribution in [3.63, 3.8) is 0 Å². The minimum atomic E-state index is -0.434. The molecule has 122 valence electrons. The third kappa shape index (κ3) is 4.07. The molecular formula is C18H28N2O2. The van der Waals surface area contributed by atoms with E-state index in [2.05, 4.69) is 47.5 Å². The van der Waals surface area contributed by atoms with E-state index in [1.165, 1.54) is 25.1 Å². The van der Waals surface area contributed by atoms with Crippen molar-refractivity contribution in [2.24, 2.45) is 5.92 Å². The molecule has 2 atom stereocenters. The van der Waals surface area contributed by atoms with Crippen molar-refractivity contribution in [3.8, 4) is 0 Å². The number of hydrogen-bond acceptors (Lipinski definition) is 4. The minimum absolute atomic E-state index is 0.434. The molecule has 2 aliphatic heterocycles. The molecular weight excluding hydrogens is 276 g/mol. The summed E-state index contributed by atoms with van der Waals surface area (Å²) in [7, 11) is 0. The summed E-state index contributed by atoms with van der Waals surface area (Å²) in [5, 5.41) is 3.61. The highest BCUT2D eigenvalue weighted by molar-refractivity contribution is 5.14. The van der Waals surface area contributed by atoms with Gasteiger partial charge in [-0.15, -0.1) is 0 Å². The van der Waals surface area contributed by atoms with Crippen LogP contribution in [0.5, 0.6) is 0 Å². The number of likely N-dealkylation sites (tertiary alicyclic amines) is 1. The lowest BCUT2D eigenvalue weighted by Gasteiger charge is -2.27. The van der Waals surface area contributed by atoms with Gasteiger partial charge >= 0.3 is 0 Å². The lowest BCUT2D eigenvalue weighted by molar-refractivity contribution is -0.139. The first-order valence-corrected chi connectivity index (χ1v) is 8.42. The summed E-state index contributed by atoms with van der Waals surface area (Å²) >= 11 is 0. The van der Waals surface area contributed by atoms with Crippen LogP contribution in [0.1, 0.15) is 25.8 Å². The van der Waals surface area contributed by atoms with E-state index in [-0.39, 0.29) is 0 Å². The molecule has 0 aromatic heterocycles. The van der Waals surface area contributed by atoms with Crippen molar-refractivity contribution < 1.29 is 9.47 Å². The highest BCUT2D eigenvalue weighted by Crippen LogP contribution is 2.23. The summed E-state index contributed by atoms with van der Waals surface area (Å²) in [4.78, 5) is 2.56. The fourth-order valence-electron chi connectivity index (χ4n) is 3.43. The molecule has 1 aromatic rings. The second-order valence-corrected chi connectivity index (χ2v) is 6.77. The van der Waals surface area contributed by atoms with E-state index in [0.717, 1.165) is 13.1 Å². The lowest BCUT2D eigenvalue weighted by atomic mass is 10.0. The Morgan fingerprint density at radius 1 is 1.27 bits per heavy atom. The van der Waals surface area contributed by atoms with Crippen LogP contribution in [0.15, 0.2) is 30.3 Å². The van der Waals surface area contributed by atoms with Gasteiger partial charge in [-0.25, -0.2) is 0 Å². The van der Waals surface area contributed by atoms with E-state index < -0.39 is 5.79 Å². The maximum Gasteiger partial charge on any atom is 0.178 e. The van der Waals surface area contributed by atoms with Gasteiger partial charge in [0.25, 0.3) is 0 Å². The average Bonchev–Trinajstić information content (AvgIpc) is 3.16. The van der Waals surface area contributed by atoms with Crippen molar-refractivity contribution >= 4 is 0 Å². The van der Waals surface area contributed by atoms with Crippen LogP contribution in [0.2, 0.25) is 0 Å². The molecule has 0 spiro atoms. The van der Waals surface area contributed by atoms with E-state index >= 15 is 0 Å². The van der Waals surface area contributed by atoms with Gasteiger partial charge in [0.2, 0.25) is 0 Å². The quantitative estimate of drug-likeness (QED) is 0.874. The topological polar surface area (TPSA) is 33.7 Å². The number of hydrogen-bond donors (Lipinski definition) is 1. The Bertz CT molecular complexity index is 459. The van der Waals surface area contributed by atoms with Gasteiger partial charge in [-0.3, -0.25) is 4.90 Å². The molecule has 2 fully saturated rings. The van der Waals surface area contributed by atoms with Gasteiger partial charge in [0, 0.05) is 25.7 Å². The van der Waals surface area contributed by atoms with Crippen LogP contribution in [0.4, 0.5) is 0 Å². The molecule has 3 rings (SSSR count). The number of nitrogens with one attached hydrogen (secondary N) is 1. The molecule has 1 aromatic carbocycles. The summed E-state index contributed by atoms with van der Waals surface area (Å²) in [5.41, 5.74) is 1.41. The van der Waals surface area contributed by atoms with Crippen LogP contribution in [-0.4, -0.2) is 49.6 Å². The van der Waals surface area contributed by atoms with E-state index in [1.54, 1.807) is 0 Å². The average molecular weight is 304 g/mol. The van der Waals surface area contributed by atoms with Crippen molar-refractivity contribution in [2.45, 2.75) is 38.6 Å². The van der Waals surface area contributed by atoms with E-state index in [9.17, 15) is 0 Å². The number of ether oxygens (including phenoxy) is 2. The molecule has 0 amide bonds. The zero-order valence-corrected chi connectivity index (χ0v) is 13.8. The van der Waals surface area contributed by atoms with Crippen LogP contribution in [0, 0.1) is 5.92 Å². The summed E-state index contributed by atoms with van der Waals surface area (Å²) in [6, 6.07) is 11.2. The Morgan fingerprint density at radius 2 is 2.00 bits per heavy atom. The van der Waals surface area contributed by atoms with Crippen LogP contribution < -0.4 is 5.32 Å². The molecule has 0 unspecified atom stereocenters. The normalized spacial score (nSPS) is 26.4. The summed E-state index contributed by atoms with van der Waals surface area (Å²) in [6.45, 7) is 9.92. The van der Waals surface area contributed by atoms with E-state index in [4.69, 9.17) is 9.47 Å². The molecule has 2 heterocycles. The molecule has 0 bridgehead atoms. The summed E-state index contributed by atoms with van der Waals surface area (Å²) in [5.74, 6) is 0.269. The first kappa shape index (κ1) is 15.9. The predicted octanol–water partition coefficient (Wildman–Crippen LogP) is 2.25. The van der Waals surface area contributed by atoms with Crippen molar-refractivity contribution in [3.05, 3.63) is 35.9 Å². The zero-order chi connectivity index (χ0) is 15.4. The Morgan fingerprint density at radius 3 is 2.73 bits per heavy atom. The molecule has 0 aliphatic carbocycles. The second kappa shape index (κ2) is 7.09. The van der Waals surface area contributed by atoms with E-state index in [1.807, 2.05) is 6.92 Å². The maximum absolute atomic E-state index is 5.66. The number of rotatable bonds is 6. The summed E-state index contributed by atoms with van der Waals surface area (Å²) in [6.07, 6.45) is 1.26. The Kier molecular flexibility index (Phi) is 5.14. The highest BCUT2D eigenvalue weighted by atomic mass is 16.7. The third-order valence-corrected chi connectivity index (χ3v) is 4.91. The summed E-state index contributed by atoms with van der Waals surface area (Å²) < 4.78 is 11.3. The fourth-order valence-corrected chi connectivity index (χ4v) is 3.43. The molecule has 1 N–H and O–H groups in total. The van der Waals surface area contributed by atoms with Gasteiger partial charge in [-0.2, -0.15) is 0 Å². The van der Waals surface area contributed by atoms with Gasteiger partial charge in [-0.05, 0) is 38.3 Å². The monoisotopic (exact) mass is 304 g/mol. The molecule has 0 saturated carbocycles. The van der Waals surface area contributed by atoms with Gasteiger partial charge in [-0.1, -0.05) is 30.3 Å². The van der Waals surface area contributed by atoms with Crippen molar-refractivity contribution in [1.29, 1.82) is 0 Å². The molecule has 0 radical (unpaired) electrons. The maximum atomic E-state index is 5.66. The number of nitrogens with zero attached hydrogens (tertiary/aromatic N) is 1. The molecule has 2 aliphatic rings. The molecule has 2 saturated heterocycles. The molecule has 4 heteroatoms. The lowest BCUT2D eigenvalue weighted by Crippen LogP contribution is -2.45. The predicted molar refractivity (Wildman–Crippen MR) is 87.6 cm³/mol. The molecule has 4 nitrogen and oxygen atoms in total. The van der Waals surface area contributed by atoms with Gasteiger partial charge in [0.1, 0.15) is 0 Å². The highest BCUT2D eigenvalue weighted by Gasteiger charge is 2.33. The van der Waals surface area contributed by atoms with Crippen molar-refractivity contribution in [1.82, 2.24) is 10.2 Å². The fraction of sp³-hybridized carbons (Fsp3) is 0.667. The SMILES string of the molecule is C[C@@H](NCC1(C)OCCO1)[C@@H]1CCN(Cc2ccccc2)C1. The van der Waals surface area contributed by atoms with Crippen molar-refractivity contribution in [2.75, 3.05) is 32.8 Å². The Labute approximate surface area is 133 Å². The third-order valence-electron chi connectivity index (χ3n) is 4.91. The minimum Gasteiger partial charge on any atom is -0.347 e. The van der Waals surface area contributed by atoms with Crippen LogP contribution in [-0.2, 0) is 16.0 Å². The second-order valence-electron chi connectivity index (χ2n) is 6.77. The van der Waals surface area contributed by atoms with Crippen LogP contribution >= 0.6 is 0 Å². The first-order chi connectivity index (χ1) is 10.6. The van der Waals surface area contributed by atoms with Gasteiger partial charge < -0.3 is 14.8 Å². The first-order valence-electron chi connectivity index (χ1n) is 8.42. The molecule has 22 heavy (non-hydrogen) atoms. The smallest absolute Gasteiger partial charge is 0.178 e. The van der Waals surface area contributed by atoms with Gasteiger partial charge in [0.15, 0.2) is 5.79 Å². The van der Waals surface area contributed by atoms with Crippen LogP contribution in [0.3, 0.4) is 0 Å². The number of benzene rings is 1. The zero-order valence-electron chi connectivity index (χ0n) is 13.8.